The van der Waals surface area contributed by atoms with Gasteiger partial charge in [0.25, 0.3) is 0 Å². The first-order valence-electron chi connectivity index (χ1n) is 6.49. The maximum Gasteiger partial charge on any atom is 0.0738 e. The van der Waals surface area contributed by atoms with Crippen LogP contribution in [0.15, 0.2) is 28.7 Å². The summed E-state index contributed by atoms with van der Waals surface area (Å²) >= 11 is 13.2. The van der Waals surface area contributed by atoms with Gasteiger partial charge in [-0.3, -0.25) is 4.68 Å². The Labute approximate surface area is 141 Å². The molecule has 20 heavy (non-hydrogen) atoms. The van der Waals surface area contributed by atoms with Gasteiger partial charge >= 0.3 is 0 Å². The van der Waals surface area contributed by atoms with Crippen molar-refractivity contribution in [3.63, 3.8) is 0 Å². The van der Waals surface area contributed by atoms with Gasteiger partial charge in [0.2, 0.25) is 0 Å². The van der Waals surface area contributed by atoms with Crippen molar-refractivity contribution in [3.05, 3.63) is 50.7 Å². The van der Waals surface area contributed by atoms with Crippen LogP contribution < -0.4 is 0 Å². The minimum absolute atomic E-state index is 0.530. The third-order valence-corrected chi connectivity index (χ3v) is 5.60. The van der Waals surface area contributed by atoms with E-state index >= 15 is 0 Å². The zero-order valence-electron chi connectivity index (χ0n) is 11.5. The molecule has 0 aliphatic carbocycles. The Bertz CT molecular complexity index is 578. The van der Waals surface area contributed by atoms with Crippen molar-refractivity contribution in [1.29, 1.82) is 0 Å². The lowest BCUT2D eigenvalue weighted by molar-refractivity contribution is 0.555. The number of hydrogen-bond acceptors (Lipinski definition) is 1. The lowest BCUT2D eigenvalue weighted by atomic mass is 9.96. The van der Waals surface area contributed by atoms with Gasteiger partial charge in [-0.05, 0) is 59.3 Å². The summed E-state index contributed by atoms with van der Waals surface area (Å²) in [5.41, 5.74) is 3.61. The quantitative estimate of drug-likeness (QED) is 0.627. The van der Waals surface area contributed by atoms with Gasteiger partial charge in [0.05, 0.1) is 15.9 Å². The van der Waals surface area contributed by atoms with E-state index in [1.165, 1.54) is 11.3 Å². The number of nitrogens with zero attached hydrogens (tertiary/aromatic N) is 2. The molecule has 108 valence electrons. The zero-order chi connectivity index (χ0) is 14.7. The molecule has 0 fully saturated rings. The Hall–Kier alpha value is -0.320. The van der Waals surface area contributed by atoms with Crippen molar-refractivity contribution >= 4 is 43.5 Å². The predicted octanol–water partition coefficient (Wildman–Crippen LogP) is 4.94. The van der Waals surface area contributed by atoms with Gasteiger partial charge in [-0.2, -0.15) is 5.10 Å². The molecule has 0 N–H and O–H groups in total. The minimum atomic E-state index is 0.530. The lowest BCUT2D eigenvalue weighted by Crippen LogP contribution is -2.13. The normalized spacial score (nSPS) is 12.7. The van der Waals surface area contributed by atoms with Crippen molar-refractivity contribution in [1.82, 2.24) is 9.78 Å². The van der Waals surface area contributed by atoms with Gasteiger partial charge in [-0.25, -0.2) is 0 Å². The highest BCUT2D eigenvalue weighted by molar-refractivity contribution is 9.10. The smallest absolute Gasteiger partial charge is 0.0738 e. The van der Waals surface area contributed by atoms with Gasteiger partial charge in [0.15, 0.2) is 0 Å². The molecule has 0 saturated carbocycles. The molecule has 0 amide bonds. The molecular formula is C15H17Br2ClN2. The third kappa shape index (κ3) is 3.86. The summed E-state index contributed by atoms with van der Waals surface area (Å²) in [5.74, 6) is 0.530. The largest absolute Gasteiger partial charge is 0.271 e. The van der Waals surface area contributed by atoms with Crippen LogP contribution in [-0.4, -0.2) is 15.1 Å². The van der Waals surface area contributed by atoms with Crippen LogP contribution in [0.1, 0.15) is 17.0 Å². The molecule has 0 radical (unpaired) electrons. The molecule has 1 heterocycles. The molecule has 0 bridgehead atoms. The van der Waals surface area contributed by atoms with E-state index in [1.807, 2.05) is 30.8 Å². The highest BCUT2D eigenvalue weighted by Gasteiger charge is 2.16. The van der Waals surface area contributed by atoms with Crippen molar-refractivity contribution in [2.24, 2.45) is 13.0 Å². The first-order valence-corrected chi connectivity index (χ1v) is 8.79. The second-order valence-electron chi connectivity index (χ2n) is 5.02. The van der Waals surface area contributed by atoms with Crippen molar-refractivity contribution in [2.45, 2.75) is 19.8 Å². The Morgan fingerprint density at radius 2 is 1.90 bits per heavy atom. The van der Waals surface area contributed by atoms with Crippen LogP contribution in [0.2, 0.25) is 5.02 Å². The SMILES string of the molecule is Cc1nn(C)c(CC(CBr)Cc2ccc(Cl)cc2)c1Br. The number of aromatic nitrogens is 2. The van der Waals surface area contributed by atoms with E-state index in [1.54, 1.807) is 0 Å². The van der Waals surface area contributed by atoms with Crippen LogP contribution in [-0.2, 0) is 19.9 Å². The van der Waals surface area contributed by atoms with Gasteiger partial charge in [0, 0.05) is 17.4 Å². The van der Waals surface area contributed by atoms with Crippen molar-refractivity contribution < 1.29 is 0 Å². The first kappa shape index (κ1) is 16.1. The maximum absolute atomic E-state index is 5.93. The summed E-state index contributed by atoms with van der Waals surface area (Å²) in [6.45, 7) is 2.02. The van der Waals surface area contributed by atoms with Gasteiger partial charge in [0.1, 0.15) is 0 Å². The predicted molar refractivity (Wildman–Crippen MR) is 91.8 cm³/mol. The summed E-state index contributed by atoms with van der Waals surface area (Å²) in [6, 6.07) is 8.10. The molecule has 2 rings (SSSR count). The van der Waals surface area contributed by atoms with E-state index in [0.717, 1.165) is 33.4 Å². The van der Waals surface area contributed by atoms with E-state index in [9.17, 15) is 0 Å². The molecule has 0 aliphatic rings. The fourth-order valence-corrected chi connectivity index (χ4v) is 3.39. The summed E-state index contributed by atoms with van der Waals surface area (Å²) in [6.07, 6.45) is 2.02. The van der Waals surface area contributed by atoms with E-state index in [0.29, 0.717) is 5.92 Å². The second kappa shape index (κ2) is 7.10. The number of halogens is 3. The van der Waals surface area contributed by atoms with Crippen LogP contribution in [0.25, 0.3) is 0 Å². The fourth-order valence-electron chi connectivity index (χ4n) is 2.31. The van der Waals surface area contributed by atoms with E-state index in [-0.39, 0.29) is 0 Å². The summed E-state index contributed by atoms with van der Waals surface area (Å²) in [7, 11) is 2.00. The monoisotopic (exact) mass is 418 g/mol. The van der Waals surface area contributed by atoms with Crippen LogP contribution in [0.4, 0.5) is 0 Å². The Balaban J connectivity index is 2.11. The van der Waals surface area contributed by atoms with Gasteiger partial charge in [-0.1, -0.05) is 39.7 Å². The van der Waals surface area contributed by atoms with Crippen molar-refractivity contribution in [3.8, 4) is 0 Å². The molecule has 1 atom stereocenters. The Morgan fingerprint density at radius 3 is 2.40 bits per heavy atom. The average molecular weight is 421 g/mol. The van der Waals surface area contributed by atoms with E-state index in [4.69, 9.17) is 11.6 Å². The highest BCUT2D eigenvalue weighted by Crippen LogP contribution is 2.25. The first-order chi connectivity index (χ1) is 9.51. The molecule has 0 saturated heterocycles. The van der Waals surface area contributed by atoms with Gasteiger partial charge < -0.3 is 0 Å². The van der Waals surface area contributed by atoms with E-state index < -0.39 is 0 Å². The van der Waals surface area contributed by atoms with Crippen LogP contribution in [0.3, 0.4) is 0 Å². The number of hydrogen-bond donors (Lipinski definition) is 0. The second-order valence-corrected chi connectivity index (χ2v) is 6.90. The Morgan fingerprint density at radius 1 is 1.25 bits per heavy atom. The molecule has 2 aromatic rings. The Kier molecular flexibility index (Phi) is 5.70. The van der Waals surface area contributed by atoms with Crippen LogP contribution >= 0.6 is 43.5 Å². The molecule has 1 unspecified atom stereocenters. The average Bonchev–Trinajstić information content (AvgIpc) is 2.66. The molecule has 1 aromatic carbocycles. The number of benzene rings is 1. The van der Waals surface area contributed by atoms with Crippen LogP contribution in [0.5, 0.6) is 0 Å². The summed E-state index contributed by atoms with van der Waals surface area (Å²) in [4.78, 5) is 0. The van der Waals surface area contributed by atoms with Crippen molar-refractivity contribution in [2.75, 3.05) is 5.33 Å². The summed E-state index contributed by atoms with van der Waals surface area (Å²) < 4.78 is 3.10. The summed E-state index contributed by atoms with van der Waals surface area (Å²) in [5, 5.41) is 6.20. The lowest BCUT2D eigenvalue weighted by Gasteiger charge is -2.15. The number of alkyl halides is 1. The molecule has 0 aliphatic heterocycles. The highest BCUT2D eigenvalue weighted by atomic mass is 79.9. The molecule has 1 aromatic heterocycles. The number of rotatable bonds is 5. The van der Waals surface area contributed by atoms with E-state index in [2.05, 4.69) is 49.1 Å². The minimum Gasteiger partial charge on any atom is -0.271 e. The molecular weight excluding hydrogens is 403 g/mol. The fraction of sp³-hybridized carbons (Fsp3) is 0.400. The number of aryl methyl sites for hydroxylation is 2. The molecule has 2 nitrogen and oxygen atoms in total. The molecule has 5 heteroatoms. The maximum atomic E-state index is 5.93. The standard InChI is InChI=1S/C15H17Br2ClN2/c1-10-15(17)14(20(2)19-10)8-12(9-16)7-11-3-5-13(18)6-4-11/h3-6,12H,7-9H2,1-2H3. The topological polar surface area (TPSA) is 17.8 Å². The zero-order valence-corrected chi connectivity index (χ0v) is 15.5. The third-order valence-electron chi connectivity index (χ3n) is 3.40. The molecule has 0 spiro atoms. The van der Waals surface area contributed by atoms with Crippen LogP contribution in [0, 0.1) is 12.8 Å². The van der Waals surface area contributed by atoms with Gasteiger partial charge in [-0.15, -0.1) is 0 Å².